The van der Waals surface area contributed by atoms with Gasteiger partial charge >= 0.3 is 0 Å². The fourth-order valence-corrected chi connectivity index (χ4v) is 2.23. The van der Waals surface area contributed by atoms with Gasteiger partial charge in [0.2, 0.25) is 0 Å². The predicted octanol–water partition coefficient (Wildman–Crippen LogP) is 1.05. The average Bonchev–Trinajstić information content (AvgIpc) is 2.87. The summed E-state index contributed by atoms with van der Waals surface area (Å²) in [4.78, 5) is 18.7. The zero-order valence-electron chi connectivity index (χ0n) is 10.5. The van der Waals surface area contributed by atoms with Crippen molar-refractivity contribution in [2.75, 3.05) is 26.8 Å². The number of rotatable bonds is 4. The molecule has 0 bridgehead atoms. The van der Waals surface area contributed by atoms with Crippen LogP contribution < -0.4 is 10.6 Å². The molecule has 1 aliphatic rings. The average molecular weight is 250 g/mol. The fourth-order valence-electron chi connectivity index (χ4n) is 2.23. The summed E-state index contributed by atoms with van der Waals surface area (Å²) < 4.78 is 5.12. The molecular formula is C13H18N2O3. The Morgan fingerprint density at radius 3 is 3.11 bits per heavy atom. The third-order valence-corrected chi connectivity index (χ3v) is 3.22. The van der Waals surface area contributed by atoms with E-state index in [9.17, 15) is 4.79 Å². The number of hydrogen-bond donors (Lipinski definition) is 1. The molecule has 1 unspecified atom stereocenters. The SMILES string of the molecule is COc1cccc(C(=O)N2CCC(CON)C2)c1. The van der Waals surface area contributed by atoms with Gasteiger partial charge in [-0.25, -0.2) is 5.90 Å². The number of carbonyl (C=O) groups is 1. The Morgan fingerprint density at radius 1 is 1.56 bits per heavy atom. The Labute approximate surface area is 106 Å². The second kappa shape index (κ2) is 5.84. The topological polar surface area (TPSA) is 64.8 Å². The first-order chi connectivity index (χ1) is 8.74. The van der Waals surface area contributed by atoms with Crippen LogP contribution in [0.15, 0.2) is 24.3 Å². The van der Waals surface area contributed by atoms with Crippen molar-refractivity contribution in [2.45, 2.75) is 6.42 Å². The molecule has 0 aliphatic carbocycles. The van der Waals surface area contributed by atoms with Crippen molar-refractivity contribution >= 4 is 5.91 Å². The Morgan fingerprint density at radius 2 is 2.39 bits per heavy atom. The molecule has 1 fully saturated rings. The molecule has 5 heteroatoms. The van der Waals surface area contributed by atoms with E-state index >= 15 is 0 Å². The summed E-state index contributed by atoms with van der Waals surface area (Å²) in [5, 5.41) is 0. The van der Waals surface area contributed by atoms with Crippen LogP contribution in [0.1, 0.15) is 16.8 Å². The molecule has 18 heavy (non-hydrogen) atoms. The molecule has 0 saturated carbocycles. The predicted molar refractivity (Wildman–Crippen MR) is 67.1 cm³/mol. The third-order valence-electron chi connectivity index (χ3n) is 3.22. The lowest BCUT2D eigenvalue weighted by atomic mass is 10.1. The van der Waals surface area contributed by atoms with Crippen molar-refractivity contribution < 1.29 is 14.4 Å². The lowest BCUT2D eigenvalue weighted by Gasteiger charge is -2.16. The summed E-state index contributed by atoms with van der Waals surface area (Å²) in [5.41, 5.74) is 0.656. The highest BCUT2D eigenvalue weighted by Gasteiger charge is 2.27. The van der Waals surface area contributed by atoms with Crippen molar-refractivity contribution in [2.24, 2.45) is 11.8 Å². The maximum Gasteiger partial charge on any atom is 0.253 e. The maximum atomic E-state index is 12.3. The van der Waals surface area contributed by atoms with Gasteiger partial charge in [0.15, 0.2) is 0 Å². The van der Waals surface area contributed by atoms with Gasteiger partial charge in [-0.15, -0.1) is 0 Å². The quantitative estimate of drug-likeness (QED) is 0.811. The van der Waals surface area contributed by atoms with Gasteiger partial charge in [0.25, 0.3) is 5.91 Å². The minimum atomic E-state index is 0.0356. The Kier molecular flexibility index (Phi) is 4.17. The summed E-state index contributed by atoms with van der Waals surface area (Å²) in [6.45, 7) is 1.96. The smallest absolute Gasteiger partial charge is 0.253 e. The van der Waals surface area contributed by atoms with Crippen LogP contribution in [0.3, 0.4) is 0 Å². The molecule has 2 rings (SSSR count). The van der Waals surface area contributed by atoms with E-state index in [-0.39, 0.29) is 5.91 Å². The molecule has 1 saturated heterocycles. The van der Waals surface area contributed by atoms with E-state index < -0.39 is 0 Å². The summed E-state index contributed by atoms with van der Waals surface area (Å²) in [6, 6.07) is 7.21. The maximum absolute atomic E-state index is 12.3. The van der Waals surface area contributed by atoms with Crippen LogP contribution in [0, 0.1) is 5.92 Å². The highest BCUT2D eigenvalue weighted by atomic mass is 16.6. The Hall–Kier alpha value is -1.59. The molecule has 0 spiro atoms. The van der Waals surface area contributed by atoms with Crippen LogP contribution in [-0.2, 0) is 4.84 Å². The lowest BCUT2D eigenvalue weighted by molar-refractivity contribution is 0.0754. The minimum Gasteiger partial charge on any atom is -0.497 e. The van der Waals surface area contributed by atoms with Gasteiger partial charge in [0, 0.05) is 24.6 Å². The van der Waals surface area contributed by atoms with Crippen molar-refractivity contribution in [3.63, 3.8) is 0 Å². The fraction of sp³-hybridized carbons (Fsp3) is 0.462. The molecule has 1 aliphatic heterocycles. The molecule has 1 atom stereocenters. The van der Waals surface area contributed by atoms with E-state index in [1.54, 1.807) is 19.2 Å². The molecule has 1 amide bonds. The van der Waals surface area contributed by atoms with E-state index in [1.165, 1.54) is 0 Å². The van der Waals surface area contributed by atoms with E-state index in [1.807, 2.05) is 17.0 Å². The Bertz CT molecular complexity index is 422. The zero-order chi connectivity index (χ0) is 13.0. The van der Waals surface area contributed by atoms with E-state index in [0.29, 0.717) is 30.4 Å². The minimum absolute atomic E-state index is 0.0356. The molecule has 0 aromatic heterocycles. The second-order valence-electron chi connectivity index (χ2n) is 4.47. The summed E-state index contributed by atoms with van der Waals surface area (Å²) in [7, 11) is 1.59. The molecular weight excluding hydrogens is 232 g/mol. The number of methoxy groups -OCH3 is 1. The van der Waals surface area contributed by atoms with Gasteiger partial charge in [-0.2, -0.15) is 0 Å². The van der Waals surface area contributed by atoms with Gasteiger partial charge in [0.1, 0.15) is 5.75 Å². The van der Waals surface area contributed by atoms with E-state index in [0.717, 1.165) is 13.0 Å². The van der Waals surface area contributed by atoms with Crippen molar-refractivity contribution in [1.29, 1.82) is 0 Å². The summed E-state index contributed by atoms with van der Waals surface area (Å²) in [6.07, 6.45) is 0.937. The summed E-state index contributed by atoms with van der Waals surface area (Å²) >= 11 is 0. The first-order valence-corrected chi connectivity index (χ1v) is 5.99. The second-order valence-corrected chi connectivity index (χ2v) is 4.47. The number of likely N-dealkylation sites (tertiary alicyclic amines) is 1. The molecule has 98 valence electrons. The molecule has 1 heterocycles. The number of carbonyl (C=O) groups excluding carboxylic acids is 1. The van der Waals surface area contributed by atoms with Gasteiger partial charge in [-0.05, 0) is 24.6 Å². The van der Waals surface area contributed by atoms with E-state index in [2.05, 4.69) is 4.84 Å². The molecule has 2 N–H and O–H groups in total. The number of benzene rings is 1. The van der Waals surface area contributed by atoms with Gasteiger partial charge in [-0.1, -0.05) is 6.07 Å². The van der Waals surface area contributed by atoms with Crippen molar-refractivity contribution in [3.05, 3.63) is 29.8 Å². The highest BCUT2D eigenvalue weighted by molar-refractivity contribution is 5.94. The number of nitrogens with zero attached hydrogens (tertiary/aromatic N) is 1. The van der Waals surface area contributed by atoms with E-state index in [4.69, 9.17) is 10.6 Å². The number of amides is 1. The standard InChI is InChI=1S/C13H18N2O3/c1-17-12-4-2-3-11(7-12)13(16)15-6-5-10(8-15)9-18-14/h2-4,7,10H,5-6,8-9,14H2,1H3. The Balaban J connectivity index is 2.03. The molecule has 1 aromatic carbocycles. The van der Waals surface area contributed by atoms with Crippen molar-refractivity contribution in [3.8, 4) is 5.75 Å². The largest absolute Gasteiger partial charge is 0.497 e. The van der Waals surface area contributed by atoms with Gasteiger partial charge in [-0.3, -0.25) is 4.79 Å². The molecule has 0 radical (unpaired) electrons. The van der Waals surface area contributed by atoms with Crippen LogP contribution in [0.5, 0.6) is 5.75 Å². The highest BCUT2D eigenvalue weighted by Crippen LogP contribution is 2.20. The van der Waals surface area contributed by atoms with Crippen LogP contribution in [0.4, 0.5) is 0 Å². The summed E-state index contributed by atoms with van der Waals surface area (Å²) in [5.74, 6) is 6.13. The third kappa shape index (κ3) is 2.80. The first-order valence-electron chi connectivity index (χ1n) is 5.99. The number of nitrogens with two attached hydrogens (primary N) is 1. The zero-order valence-corrected chi connectivity index (χ0v) is 10.5. The van der Waals surface area contributed by atoms with Crippen LogP contribution >= 0.6 is 0 Å². The van der Waals surface area contributed by atoms with Gasteiger partial charge in [0.05, 0.1) is 13.7 Å². The van der Waals surface area contributed by atoms with Crippen LogP contribution in [0.2, 0.25) is 0 Å². The monoisotopic (exact) mass is 250 g/mol. The number of hydrogen-bond acceptors (Lipinski definition) is 4. The van der Waals surface area contributed by atoms with Crippen molar-refractivity contribution in [1.82, 2.24) is 4.90 Å². The van der Waals surface area contributed by atoms with Gasteiger partial charge < -0.3 is 14.5 Å². The number of ether oxygens (including phenoxy) is 1. The molecule has 1 aromatic rings. The van der Waals surface area contributed by atoms with Crippen LogP contribution in [-0.4, -0.2) is 37.6 Å². The lowest BCUT2D eigenvalue weighted by Crippen LogP contribution is -2.29. The normalized spacial score (nSPS) is 19.0. The van der Waals surface area contributed by atoms with Crippen LogP contribution in [0.25, 0.3) is 0 Å². The molecule has 5 nitrogen and oxygen atoms in total. The first kappa shape index (κ1) is 12.9.